The van der Waals surface area contributed by atoms with Gasteiger partial charge in [0.1, 0.15) is 10.4 Å². The van der Waals surface area contributed by atoms with Crippen LogP contribution >= 0.6 is 15.9 Å². The van der Waals surface area contributed by atoms with Crippen LogP contribution in [0.1, 0.15) is 11.5 Å². The minimum absolute atomic E-state index is 0.368. The quantitative estimate of drug-likeness (QED) is 0.796. The molecule has 0 saturated carbocycles. The van der Waals surface area contributed by atoms with Crippen molar-refractivity contribution in [1.82, 2.24) is 14.6 Å². The zero-order valence-electron chi connectivity index (χ0n) is 11.2. The second-order valence-corrected chi connectivity index (χ2v) is 5.21. The summed E-state index contributed by atoms with van der Waals surface area (Å²) in [6, 6.07) is 7.63. The van der Waals surface area contributed by atoms with Gasteiger partial charge in [-0.05, 0) is 41.1 Å². The largest absolute Gasteiger partial charge is 0.445 e. The predicted octanol–water partition coefficient (Wildman–Crippen LogP) is 2.62. The number of rotatable bonds is 3. The van der Waals surface area contributed by atoms with Crippen molar-refractivity contribution in [2.75, 3.05) is 11.9 Å². The van der Waals surface area contributed by atoms with E-state index in [1.807, 2.05) is 43.1 Å². The third kappa shape index (κ3) is 2.08. The van der Waals surface area contributed by atoms with E-state index in [4.69, 9.17) is 10.2 Å². The minimum atomic E-state index is 0.368. The summed E-state index contributed by atoms with van der Waals surface area (Å²) in [5, 5.41) is 4.55. The highest BCUT2D eigenvalue weighted by Gasteiger charge is 2.13. The Balaban J connectivity index is 2.06. The summed E-state index contributed by atoms with van der Waals surface area (Å²) < 4.78 is 8.10. The molecule has 104 valence electrons. The maximum Gasteiger partial charge on any atom is 0.200 e. The molecule has 7 heteroatoms. The maximum absolute atomic E-state index is 5.65. The van der Waals surface area contributed by atoms with Gasteiger partial charge in [0.05, 0.1) is 5.69 Å². The first-order valence-corrected chi connectivity index (χ1v) is 6.94. The molecule has 0 saturated heterocycles. The molecular formula is C13H14BrN5O. The van der Waals surface area contributed by atoms with Crippen LogP contribution in [-0.2, 0) is 6.54 Å². The summed E-state index contributed by atoms with van der Waals surface area (Å²) in [5.41, 5.74) is 7.19. The average molecular weight is 336 g/mol. The second-order valence-electron chi connectivity index (χ2n) is 4.46. The summed E-state index contributed by atoms with van der Waals surface area (Å²) in [6.07, 6.45) is 0. The Morgan fingerprint density at radius 3 is 2.80 bits per heavy atom. The number of halogens is 1. The van der Waals surface area contributed by atoms with Crippen molar-refractivity contribution in [2.24, 2.45) is 5.73 Å². The van der Waals surface area contributed by atoms with Crippen LogP contribution in [-0.4, -0.2) is 21.6 Å². The van der Waals surface area contributed by atoms with Gasteiger partial charge in [-0.25, -0.2) is 9.50 Å². The van der Waals surface area contributed by atoms with E-state index < -0.39 is 0 Å². The zero-order chi connectivity index (χ0) is 14.3. The van der Waals surface area contributed by atoms with Gasteiger partial charge in [-0.15, -0.1) is 5.10 Å². The van der Waals surface area contributed by atoms with Crippen LogP contribution in [0.4, 0.5) is 11.7 Å². The van der Waals surface area contributed by atoms with Crippen molar-refractivity contribution in [3.05, 3.63) is 40.3 Å². The summed E-state index contributed by atoms with van der Waals surface area (Å²) in [5.74, 6) is 2.36. The lowest BCUT2D eigenvalue weighted by atomic mass is 10.4. The van der Waals surface area contributed by atoms with Crippen LogP contribution in [0.5, 0.6) is 0 Å². The first kappa shape index (κ1) is 13.1. The van der Waals surface area contributed by atoms with Crippen molar-refractivity contribution in [2.45, 2.75) is 13.5 Å². The number of fused-ring (bicyclic) bond motifs is 1. The summed E-state index contributed by atoms with van der Waals surface area (Å²) in [4.78, 5) is 6.27. The Bertz CT molecular complexity index is 763. The Morgan fingerprint density at radius 2 is 2.15 bits per heavy atom. The highest BCUT2D eigenvalue weighted by Crippen LogP contribution is 2.25. The van der Waals surface area contributed by atoms with E-state index in [1.54, 1.807) is 4.52 Å². The molecule has 0 radical (unpaired) electrons. The van der Waals surface area contributed by atoms with E-state index >= 15 is 0 Å². The van der Waals surface area contributed by atoms with Crippen LogP contribution in [0.15, 0.2) is 33.3 Å². The molecule has 3 rings (SSSR count). The Kier molecular flexibility index (Phi) is 3.23. The Labute approximate surface area is 124 Å². The number of aromatic nitrogens is 3. The number of hydrogen-bond acceptors (Lipinski definition) is 5. The van der Waals surface area contributed by atoms with Gasteiger partial charge in [0, 0.05) is 19.7 Å². The Morgan fingerprint density at radius 1 is 1.35 bits per heavy atom. The molecule has 0 atom stereocenters. The molecule has 6 nitrogen and oxygen atoms in total. The van der Waals surface area contributed by atoms with E-state index in [2.05, 4.69) is 26.0 Å². The van der Waals surface area contributed by atoms with Crippen molar-refractivity contribution >= 4 is 33.3 Å². The molecule has 0 aliphatic carbocycles. The third-order valence-corrected chi connectivity index (χ3v) is 3.86. The van der Waals surface area contributed by atoms with Crippen molar-refractivity contribution in [3.8, 4) is 0 Å². The van der Waals surface area contributed by atoms with E-state index in [-0.39, 0.29) is 0 Å². The molecule has 2 N–H and O–H groups in total. The molecule has 0 aliphatic rings. The summed E-state index contributed by atoms with van der Waals surface area (Å²) in [6.45, 7) is 2.28. The predicted molar refractivity (Wildman–Crippen MR) is 80.1 cm³/mol. The molecule has 3 aromatic heterocycles. The van der Waals surface area contributed by atoms with Crippen molar-refractivity contribution in [3.63, 3.8) is 0 Å². The van der Waals surface area contributed by atoms with Gasteiger partial charge in [0.15, 0.2) is 11.5 Å². The highest BCUT2D eigenvalue weighted by atomic mass is 79.9. The number of nitrogens with zero attached hydrogens (tertiary/aromatic N) is 4. The molecular weight excluding hydrogens is 322 g/mol. The van der Waals surface area contributed by atoms with Gasteiger partial charge in [0.25, 0.3) is 0 Å². The van der Waals surface area contributed by atoms with Crippen LogP contribution in [0.3, 0.4) is 0 Å². The molecule has 0 spiro atoms. The molecule has 3 aromatic rings. The molecule has 0 bridgehead atoms. The number of anilines is 2. The van der Waals surface area contributed by atoms with Crippen molar-refractivity contribution in [1.29, 1.82) is 0 Å². The lowest BCUT2D eigenvalue weighted by molar-refractivity contribution is 0.536. The van der Waals surface area contributed by atoms with Gasteiger partial charge in [-0.1, -0.05) is 0 Å². The minimum Gasteiger partial charge on any atom is -0.445 e. The van der Waals surface area contributed by atoms with Crippen LogP contribution in [0.2, 0.25) is 0 Å². The topological polar surface area (TPSA) is 72.6 Å². The first-order chi connectivity index (χ1) is 9.60. The lowest BCUT2D eigenvalue weighted by Gasteiger charge is -2.14. The van der Waals surface area contributed by atoms with E-state index in [0.29, 0.717) is 6.54 Å². The van der Waals surface area contributed by atoms with Gasteiger partial charge in [0.2, 0.25) is 5.88 Å². The van der Waals surface area contributed by atoms with Gasteiger partial charge in [-0.2, -0.15) is 0 Å². The smallest absolute Gasteiger partial charge is 0.200 e. The Hall–Kier alpha value is -1.86. The maximum atomic E-state index is 5.65. The van der Waals surface area contributed by atoms with Crippen LogP contribution in [0, 0.1) is 6.92 Å². The number of imidazole rings is 1. The SMILES string of the molecule is Cc1ccc(N(C)c2ccc3nc(CN)c(Br)n3n2)o1. The zero-order valence-corrected chi connectivity index (χ0v) is 12.8. The lowest BCUT2D eigenvalue weighted by Crippen LogP contribution is -2.12. The van der Waals surface area contributed by atoms with Crippen LogP contribution < -0.4 is 10.6 Å². The van der Waals surface area contributed by atoms with Crippen molar-refractivity contribution < 1.29 is 4.42 Å². The molecule has 20 heavy (non-hydrogen) atoms. The van der Waals surface area contributed by atoms with E-state index in [9.17, 15) is 0 Å². The normalized spacial score (nSPS) is 11.2. The fourth-order valence-corrected chi connectivity index (χ4v) is 2.48. The fourth-order valence-electron chi connectivity index (χ4n) is 1.97. The number of nitrogens with two attached hydrogens (primary N) is 1. The van der Waals surface area contributed by atoms with Gasteiger partial charge in [-0.3, -0.25) is 4.90 Å². The summed E-state index contributed by atoms with van der Waals surface area (Å²) >= 11 is 3.47. The van der Waals surface area contributed by atoms with E-state index in [0.717, 1.165) is 33.4 Å². The average Bonchev–Trinajstić information content (AvgIpc) is 3.02. The monoisotopic (exact) mass is 335 g/mol. The fraction of sp³-hybridized carbons (Fsp3) is 0.231. The third-order valence-electron chi connectivity index (χ3n) is 3.07. The molecule has 0 fully saturated rings. The molecule has 0 aliphatic heterocycles. The molecule has 0 aromatic carbocycles. The molecule has 3 heterocycles. The van der Waals surface area contributed by atoms with E-state index in [1.165, 1.54) is 0 Å². The first-order valence-electron chi connectivity index (χ1n) is 6.14. The van der Waals surface area contributed by atoms with Crippen LogP contribution in [0.25, 0.3) is 5.65 Å². The summed E-state index contributed by atoms with van der Waals surface area (Å²) in [7, 11) is 1.90. The molecule has 0 amide bonds. The van der Waals surface area contributed by atoms with Gasteiger partial charge >= 0.3 is 0 Å². The highest BCUT2D eigenvalue weighted by molar-refractivity contribution is 9.10. The van der Waals surface area contributed by atoms with Gasteiger partial charge < -0.3 is 10.2 Å². The molecule has 0 unspecified atom stereocenters. The standard InChI is InChI=1S/C13H14BrN5O/c1-8-3-6-12(20-8)18(2)11-5-4-10-16-9(7-15)13(14)19(10)17-11/h3-6H,7,15H2,1-2H3. The number of furan rings is 1. The number of aryl methyl sites for hydroxylation is 1. The number of hydrogen-bond donors (Lipinski definition) is 1. The second kappa shape index (κ2) is 4.92.